The molecule has 4 heteroatoms. The summed E-state index contributed by atoms with van der Waals surface area (Å²) < 4.78 is 2.06. The maximum atomic E-state index is 4.70. The average Bonchev–Trinajstić information content (AvgIpc) is 3.19. The molecule has 0 spiro atoms. The van der Waals surface area contributed by atoms with Gasteiger partial charge in [-0.3, -0.25) is 4.57 Å². The largest absolute Gasteiger partial charge is 0.277 e. The van der Waals surface area contributed by atoms with Crippen LogP contribution in [0.3, 0.4) is 0 Å². The minimum atomic E-state index is 0.792. The molecule has 0 aliphatic heterocycles. The van der Waals surface area contributed by atoms with E-state index in [0.717, 1.165) is 28.2 Å². The Labute approximate surface area is 163 Å². The highest BCUT2D eigenvalue weighted by molar-refractivity contribution is 5.79. The van der Waals surface area contributed by atoms with E-state index in [1.54, 1.807) is 12.5 Å². The van der Waals surface area contributed by atoms with Gasteiger partial charge < -0.3 is 0 Å². The van der Waals surface area contributed by atoms with Crippen molar-refractivity contribution in [3.63, 3.8) is 0 Å². The van der Waals surface area contributed by atoms with Crippen LogP contribution in [0.15, 0.2) is 73.2 Å². The van der Waals surface area contributed by atoms with Gasteiger partial charge in [0.15, 0.2) is 5.65 Å². The van der Waals surface area contributed by atoms with Gasteiger partial charge in [-0.25, -0.2) is 15.0 Å². The second-order valence-electron chi connectivity index (χ2n) is 4.70. The molecule has 142 valence electrons. The van der Waals surface area contributed by atoms with Crippen molar-refractivity contribution in [2.24, 2.45) is 0 Å². The average molecular weight is 363 g/mol. The number of hydrogen-bond acceptors (Lipinski definition) is 3. The van der Waals surface area contributed by atoms with Gasteiger partial charge in [0.05, 0.1) is 6.20 Å². The second-order valence-corrected chi connectivity index (χ2v) is 4.70. The summed E-state index contributed by atoms with van der Waals surface area (Å²) in [5.74, 6) is 0.873. The van der Waals surface area contributed by atoms with Gasteiger partial charge >= 0.3 is 0 Å². The molecule has 2 heterocycles. The van der Waals surface area contributed by atoms with Gasteiger partial charge in [0, 0.05) is 11.3 Å². The van der Waals surface area contributed by atoms with Gasteiger partial charge in [-0.05, 0) is 12.1 Å². The molecule has 0 aliphatic carbocycles. The van der Waals surface area contributed by atoms with Crippen LogP contribution in [0.2, 0.25) is 0 Å². The summed E-state index contributed by atoms with van der Waals surface area (Å²) in [6.45, 7) is 12.0. The van der Waals surface area contributed by atoms with Gasteiger partial charge in [0.2, 0.25) is 0 Å². The Morgan fingerprint density at radius 1 is 0.704 bits per heavy atom. The fourth-order valence-electron chi connectivity index (χ4n) is 2.43. The summed E-state index contributed by atoms with van der Waals surface area (Å²) in [6.07, 6.45) is 3.30. The number of nitrogens with zero attached hydrogens (tertiary/aromatic N) is 4. The zero-order valence-electron chi connectivity index (χ0n) is 17.2. The van der Waals surface area contributed by atoms with Gasteiger partial charge in [-0.1, -0.05) is 90.1 Å². The van der Waals surface area contributed by atoms with E-state index in [4.69, 9.17) is 4.98 Å². The van der Waals surface area contributed by atoms with E-state index in [1.807, 2.05) is 90.1 Å². The van der Waals surface area contributed by atoms with Crippen LogP contribution in [-0.4, -0.2) is 19.5 Å². The smallest absolute Gasteiger partial charge is 0.168 e. The predicted molar refractivity (Wildman–Crippen MR) is 116 cm³/mol. The minimum absolute atomic E-state index is 0.792. The van der Waals surface area contributed by atoms with Crippen LogP contribution in [-0.2, 0) is 0 Å². The lowest BCUT2D eigenvalue weighted by Gasteiger charge is -2.08. The molecular formula is C23H30N4. The molecular weight excluding hydrogens is 332 g/mol. The minimum Gasteiger partial charge on any atom is -0.277 e. The first-order chi connectivity index (χ1) is 13.4. The summed E-state index contributed by atoms with van der Waals surface area (Å²) in [5, 5.41) is 0. The summed E-state index contributed by atoms with van der Waals surface area (Å²) in [7, 11) is 0. The van der Waals surface area contributed by atoms with E-state index in [1.165, 1.54) is 0 Å². The van der Waals surface area contributed by atoms with Crippen LogP contribution in [0.25, 0.3) is 28.2 Å². The normalized spacial score (nSPS) is 9.11. The van der Waals surface area contributed by atoms with Crippen molar-refractivity contribution in [3.05, 3.63) is 73.2 Å². The molecule has 0 saturated heterocycles. The Morgan fingerprint density at radius 3 is 1.85 bits per heavy atom. The molecule has 4 aromatic rings. The molecule has 0 N–H and O–H groups in total. The third kappa shape index (κ3) is 5.23. The van der Waals surface area contributed by atoms with E-state index < -0.39 is 0 Å². The number of hydrogen-bond donors (Lipinski definition) is 0. The summed E-state index contributed by atoms with van der Waals surface area (Å²) >= 11 is 0. The Balaban J connectivity index is 0.000000556. The Morgan fingerprint density at radius 2 is 1.26 bits per heavy atom. The van der Waals surface area contributed by atoms with E-state index in [2.05, 4.69) is 26.7 Å². The molecule has 0 amide bonds. The van der Waals surface area contributed by atoms with Crippen LogP contribution in [0.4, 0.5) is 0 Å². The van der Waals surface area contributed by atoms with Gasteiger partial charge in [0.25, 0.3) is 0 Å². The molecule has 27 heavy (non-hydrogen) atoms. The first kappa shape index (κ1) is 22.0. The van der Waals surface area contributed by atoms with Crippen molar-refractivity contribution in [1.29, 1.82) is 0 Å². The summed E-state index contributed by atoms with van der Waals surface area (Å²) in [5.41, 5.74) is 3.70. The first-order valence-corrected chi connectivity index (χ1v) is 9.73. The lowest BCUT2D eigenvalue weighted by molar-refractivity contribution is 1.07. The highest BCUT2D eigenvalue weighted by Crippen LogP contribution is 2.26. The number of fused-ring (bicyclic) bond motifs is 1. The van der Waals surface area contributed by atoms with E-state index in [9.17, 15) is 0 Å². The molecule has 0 unspecified atom stereocenters. The number of benzene rings is 2. The molecule has 0 fully saturated rings. The highest BCUT2D eigenvalue weighted by atomic mass is 15.1. The second kappa shape index (κ2) is 12.4. The van der Waals surface area contributed by atoms with E-state index in [-0.39, 0.29) is 0 Å². The van der Waals surface area contributed by atoms with E-state index in [0.29, 0.717) is 0 Å². The Hall–Kier alpha value is -3.01. The lowest BCUT2D eigenvalue weighted by Crippen LogP contribution is -1.98. The zero-order valence-corrected chi connectivity index (χ0v) is 17.2. The molecule has 4 nitrogen and oxygen atoms in total. The standard InChI is InChI=1S/C17H12N4.3C2H6/c1-3-7-13(8-4-1)16-20-15-11-18-12-19-17(15)21(16)14-9-5-2-6-10-14;3*1-2/h1-12H;3*1-2H3. The Kier molecular flexibility index (Phi) is 10.1. The highest BCUT2D eigenvalue weighted by Gasteiger charge is 2.14. The topological polar surface area (TPSA) is 43.6 Å². The molecule has 0 saturated carbocycles. The van der Waals surface area contributed by atoms with Crippen molar-refractivity contribution < 1.29 is 0 Å². The number of para-hydroxylation sites is 1. The van der Waals surface area contributed by atoms with Crippen LogP contribution < -0.4 is 0 Å². The number of aromatic nitrogens is 4. The predicted octanol–water partition coefficient (Wildman–Crippen LogP) is 6.56. The fourth-order valence-corrected chi connectivity index (χ4v) is 2.43. The van der Waals surface area contributed by atoms with E-state index >= 15 is 0 Å². The van der Waals surface area contributed by atoms with Crippen LogP contribution in [0.1, 0.15) is 41.5 Å². The van der Waals surface area contributed by atoms with Crippen molar-refractivity contribution >= 4 is 11.2 Å². The first-order valence-electron chi connectivity index (χ1n) is 9.73. The fraction of sp³-hybridized carbons (Fsp3) is 0.261. The SMILES string of the molecule is CC.CC.CC.c1ccc(-c2nc3cncnc3n2-c2ccccc2)cc1. The van der Waals surface area contributed by atoms with Crippen molar-refractivity contribution in [2.75, 3.05) is 0 Å². The maximum Gasteiger partial charge on any atom is 0.168 e. The van der Waals surface area contributed by atoms with Crippen LogP contribution >= 0.6 is 0 Å². The van der Waals surface area contributed by atoms with Gasteiger partial charge in [-0.2, -0.15) is 0 Å². The zero-order chi connectivity index (χ0) is 20.1. The Bertz CT molecular complexity index is 884. The molecule has 0 radical (unpaired) electrons. The monoisotopic (exact) mass is 362 g/mol. The van der Waals surface area contributed by atoms with Crippen molar-refractivity contribution in [1.82, 2.24) is 19.5 Å². The quantitative estimate of drug-likeness (QED) is 0.405. The maximum absolute atomic E-state index is 4.70. The summed E-state index contributed by atoms with van der Waals surface area (Å²) in [6, 6.07) is 20.2. The number of imidazole rings is 1. The molecule has 2 aromatic heterocycles. The third-order valence-corrected chi connectivity index (χ3v) is 3.37. The van der Waals surface area contributed by atoms with Crippen molar-refractivity contribution in [2.45, 2.75) is 41.5 Å². The summed E-state index contributed by atoms with van der Waals surface area (Å²) in [4.78, 5) is 13.2. The van der Waals surface area contributed by atoms with Crippen LogP contribution in [0, 0.1) is 0 Å². The molecule has 0 atom stereocenters. The molecule has 4 rings (SSSR count). The van der Waals surface area contributed by atoms with Gasteiger partial charge in [0.1, 0.15) is 17.7 Å². The third-order valence-electron chi connectivity index (χ3n) is 3.37. The molecule has 0 aliphatic rings. The molecule has 0 bridgehead atoms. The van der Waals surface area contributed by atoms with Gasteiger partial charge in [-0.15, -0.1) is 0 Å². The van der Waals surface area contributed by atoms with Crippen molar-refractivity contribution in [3.8, 4) is 17.1 Å². The lowest BCUT2D eigenvalue weighted by atomic mass is 10.2. The number of rotatable bonds is 2. The van der Waals surface area contributed by atoms with Crippen LogP contribution in [0.5, 0.6) is 0 Å². The molecule has 2 aromatic carbocycles.